The number of hydrogen-bond donors (Lipinski definition) is 1. The van der Waals surface area contributed by atoms with Crippen LogP contribution in [0.15, 0.2) is 54.6 Å². The standard InChI is InChI=1S/C21H22ClN3O2/c22-16-5-4-6-17(15-16)23-19(26)21(9-10-21)20(27)25-13-11-24(12-14-25)18-7-2-1-3-8-18/h1-8,15H,9-14H2,(H,23,26). The van der Waals surface area contributed by atoms with E-state index in [9.17, 15) is 9.59 Å². The molecule has 0 atom stereocenters. The van der Waals surface area contributed by atoms with Crippen LogP contribution >= 0.6 is 11.6 Å². The summed E-state index contributed by atoms with van der Waals surface area (Å²) in [5, 5.41) is 3.42. The lowest BCUT2D eigenvalue weighted by Gasteiger charge is -2.37. The third kappa shape index (κ3) is 3.65. The summed E-state index contributed by atoms with van der Waals surface area (Å²) >= 11 is 5.98. The van der Waals surface area contributed by atoms with Gasteiger partial charge in [0.25, 0.3) is 0 Å². The molecule has 2 aromatic carbocycles. The number of benzene rings is 2. The Hall–Kier alpha value is -2.53. The van der Waals surface area contributed by atoms with Gasteiger partial charge in [0.15, 0.2) is 0 Å². The zero-order valence-electron chi connectivity index (χ0n) is 15.0. The number of halogens is 1. The highest BCUT2D eigenvalue weighted by molar-refractivity contribution is 6.31. The molecule has 6 heteroatoms. The molecule has 1 heterocycles. The van der Waals surface area contributed by atoms with Gasteiger partial charge in [-0.15, -0.1) is 0 Å². The fourth-order valence-corrected chi connectivity index (χ4v) is 3.78. The van der Waals surface area contributed by atoms with E-state index in [-0.39, 0.29) is 11.8 Å². The van der Waals surface area contributed by atoms with Gasteiger partial charge in [0.05, 0.1) is 0 Å². The topological polar surface area (TPSA) is 52.7 Å². The van der Waals surface area contributed by atoms with E-state index in [2.05, 4.69) is 22.3 Å². The normalized spacial score (nSPS) is 18.1. The second-order valence-electron chi connectivity index (χ2n) is 7.16. The van der Waals surface area contributed by atoms with E-state index in [4.69, 9.17) is 11.6 Å². The van der Waals surface area contributed by atoms with Crippen molar-refractivity contribution in [3.63, 3.8) is 0 Å². The fourth-order valence-electron chi connectivity index (χ4n) is 3.59. The first-order valence-electron chi connectivity index (χ1n) is 9.25. The molecule has 0 radical (unpaired) electrons. The van der Waals surface area contributed by atoms with Crippen molar-refractivity contribution in [2.45, 2.75) is 12.8 Å². The number of amides is 2. The van der Waals surface area contributed by atoms with Crippen LogP contribution in [0.5, 0.6) is 0 Å². The zero-order chi connectivity index (χ0) is 18.9. The fraction of sp³-hybridized carbons (Fsp3) is 0.333. The van der Waals surface area contributed by atoms with E-state index in [1.54, 1.807) is 24.3 Å². The number of piperazine rings is 1. The first-order valence-corrected chi connectivity index (χ1v) is 9.63. The summed E-state index contributed by atoms with van der Waals surface area (Å²) in [6.07, 6.45) is 1.22. The average molecular weight is 384 g/mol. The van der Waals surface area contributed by atoms with Crippen LogP contribution in [0, 0.1) is 5.41 Å². The molecule has 2 aliphatic rings. The Morgan fingerprint density at radius 1 is 0.926 bits per heavy atom. The average Bonchev–Trinajstić information content (AvgIpc) is 3.50. The van der Waals surface area contributed by atoms with Gasteiger partial charge >= 0.3 is 0 Å². The summed E-state index contributed by atoms with van der Waals surface area (Å²) in [6, 6.07) is 17.2. The molecule has 1 saturated heterocycles. The van der Waals surface area contributed by atoms with Gasteiger partial charge in [-0.05, 0) is 43.2 Å². The summed E-state index contributed by atoms with van der Waals surface area (Å²) in [4.78, 5) is 29.9. The number of carbonyl (C=O) groups excluding carboxylic acids is 2. The molecule has 1 saturated carbocycles. The van der Waals surface area contributed by atoms with Gasteiger partial charge in [0, 0.05) is 42.6 Å². The van der Waals surface area contributed by atoms with Crippen molar-refractivity contribution in [1.29, 1.82) is 0 Å². The molecule has 0 spiro atoms. The molecule has 0 aromatic heterocycles. The maximum atomic E-state index is 13.0. The maximum absolute atomic E-state index is 13.0. The van der Waals surface area contributed by atoms with Gasteiger partial charge in [-0.1, -0.05) is 35.9 Å². The number of rotatable bonds is 4. The molecule has 140 valence electrons. The number of para-hydroxylation sites is 1. The van der Waals surface area contributed by atoms with Crippen LogP contribution in [0.3, 0.4) is 0 Å². The third-order valence-electron chi connectivity index (χ3n) is 5.36. The first kappa shape index (κ1) is 17.9. The molecule has 2 amide bonds. The molecule has 2 fully saturated rings. The Morgan fingerprint density at radius 3 is 2.26 bits per heavy atom. The van der Waals surface area contributed by atoms with Crippen molar-refractivity contribution in [1.82, 2.24) is 4.90 Å². The van der Waals surface area contributed by atoms with Crippen LogP contribution in [-0.2, 0) is 9.59 Å². The van der Waals surface area contributed by atoms with Crippen LogP contribution in [0.2, 0.25) is 5.02 Å². The van der Waals surface area contributed by atoms with Gasteiger partial charge in [-0.3, -0.25) is 9.59 Å². The smallest absolute Gasteiger partial charge is 0.240 e. The minimum absolute atomic E-state index is 0.0465. The number of nitrogens with zero attached hydrogens (tertiary/aromatic N) is 2. The predicted molar refractivity (Wildman–Crippen MR) is 107 cm³/mol. The number of carbonyl (C=O) groups is 2. The highest BCUT2D eigenvalue weighted by Crippen LogP contribution is 2.48. The van der Waals surface area contributed by atoms with E-state index in [0.717, 1.165) is 13.1 Å². The van der Waals surface area contributed by atoms with E-state index in [1.807, 2.05) is 23.1 Å². The SMILES string of the molecule is O=C(Nc1cccc(Cl)c1)C1(C(=O)N2CCN(c3ccccc3)CC2)CC1. The minimum Gasteiger partial charge on any atom is -0.368 e. The molecule has 0 bridgehead atoms. The Morgan fingerprint density at radius 2 is 1.63 bits per heavy atom. The lowest BCUT2D eigenvalue weighted by Crippen LogP contribution is -2.52. The molecule has 5 nitrogen and oxygen atoms in total. The third-order valence-corrected chi connectivity index (χ3v) is 5.60. The van der Waals surface area contributed by atoms with Crippen molar-refractivity contribution in [2.24, 2.45) is 5.41 Å². The Kier molecular flexibility index (Phi) is 4.79. The Bertz CT molecular complexity index is 844. The summed E-state index contributed by atoms with van der Waals surface area (Å²) in [7, 11) is 0. The van der Waals surface area contributed by atoms with Crippen LogP contribution in [0.4, 0.5) is 11.4 Å². The summed E-state index contributed by atoms with van der Waals surface area (Å²) < 4.78 is 0. The number of nitrogens with one attached hydrogen (secondary N) is 1. The van der Waals surface area contributed by atoms with Crippen LogP contribution < -0.4 is 10.2 Å². The number of anilines is 2. The quantitative estimate of drug-likeness (QED) is 0.823. The molecular formula is C21H22ClN3O2. The maximum Gasteiger partial charge on any atom is 0.240 e. The van der Waals surface area contributed by atoms with E-state index in [1.165, 1.54) is 5.69 Å². The lowest BCUT2D eigenvalue weighted by molar-refractivity contribution is -0.142. The second-order valence-corrected chi connectivity index (χ2v) is 7.60. The van der Waals surface area contributed by atoms with Crippen LogP contribution in [0.25, 0.3) is 0 Å². The van der Waals surface area contributed by atoms with Crippen molar-refractivity contribution in [3.05, 3.63) is 59.6 Å². The highest BCUT2D eigenvalue weighted by atomic mass is 35.5. The Balaban J connectivity index is 1.38. The van der Waals surface area contributed by atoms with Gasteiger partial charge in [-0.2, -0.15) is 0 Å². The minimum atomic E-state index is -0.906. The second kappa shape index (κ2) is 7.24. The molecule has 1 N–H and O–H groups in total. The highest BCUT2D eigenvalue weighted by Gasteiger charge is 2.58. The molecule has 1 aliphatic heterocycles. The van der Waals surface area contributed by atoms with Gasteiger partial charge in [-0.25, -0.2) is 0 Å². The van der Waals surface area contributed by atoms with Crippen molar-refractivity contribution in [2.75, 3.05) is 36.4 Å². The van der Waals surface area contributed by atoms with Gasteiger partial charge in [0.1, 0.15) is 5.41 Å². The predicted octanol–water partition coefficient (Wildman–Crippen LogP) is 3.41. The van der Waals surface area contributed by atoms with E-state index < -0.39 is 5.41 Å². The molecule has 2 aromatic rings. The molecule has 4 rings (SSSR count). The van der Waals surface area contributed by atoms with Gasteiger partial charge < -0.3 is 15.1 Å². The van der Waals surface area contributed by atoms with Crippen molar-refractivity contribution in [3.8, 4) is 0 Å². The van der Waals surface area contributed by atoms with Crippen molar-refractivity contribution >= 4 is 34.8 Å². The van der Waals surface area contributed by atoms with Crippen molar-refractivity contribution < 1.29 is 9.59 Å². The van der Waals surface area contributed by atoms with E-state index >= 15 is 0 Å². The van der Waals surface area contributed by atoms with Gasteiger partial charge in [0.2, 0.25) is 11.8 Å². The first-order chi connectivity index (χ1) is 13.1. The van der Waals surface area contributed by atoms with E-state index in [0.29, 0.717) is 36.6 Å². The lowest BCUT2D eigenvalue weighted by atomic mass is 10.0. The Labute approximate surface area is 163 Å². The zero-order valence-corrected chi connectivity index (χ0v) is 15.8. The molecule has 1 aliphatic carbocycles. The number of hydrogen-bond acceptors (Lipinski definition) is 3. The summed E-state index contributed by atoms with van der Waals surface area (Å²) in [6.45, 7) is 2.84. The van der Waals surface area contributed by atoms with Crippen LogP contribution in [0.1, 0.15) is 12.8 Å². The van der Waals surface area contributed by atoms with Crippen LogP contribution in [-0.4, -0.2) is 42.9 Å². The molecular weight excluding hydrogens is 362 g/mol. The summed E-state index contributed by atoms with van der Waals surface area (Å²) in [5.41, 5.74) is 0.891. The largest absolute Gasteiger partial charge is 0.368 e. The molecule has 27 heavy (non-hydrogen) atoms. The monoisotopic (exact) mass is 383 g/mol. The summed E-state index contributed by atoms with van der Waals surface area (Å²) in [5.74, 6) is -0.269. The molecule has 0 unspecified atom stereocenters.